The van der Waals surface area contributed by atoms with Crippen LogP contribution >= 0.6 is 0 Å². The van der Waals surface area contributed by atoms with Crippen LogP contribution in [0, 0.1) is 0 Å². The molecule has 1 N–H and O–H groups in total. The van der Waals surface area contributed by atoms with E-state index in [1.165, 1.54) is 7.11 Å². The Balaban J connectivity index is 2.92. The highest BCUT2D eigenvalue weighted by molar-refractivity contribution is 5.94. The second-order valence-corrected chi connectivity index (χ2v) is 2.43. The van der Waals surface area contributed by atoms with Crippen molar-refractivity contribution in [2.45, 2.75) is 6.67 Å². The molecule has 0 aromatic heterocycles. The van der Waals surface area contributed by atoms with Crippen molar-refractivity contribution in [1.82, 2.24) is 5.48 Å². The molecule has 13 heavy (non-hydrogen) atoms. The Morgan fingerprint density at radius 1 is 1.54 bits per heavy atom. The number of nitrogens with one attached hydrogen (secondary N) is 1. The fourth-order valence-corrected chi connectivity index (χ4v) is 1.01. The van der Waals surface area contributed by atoms with E-state index < -0.39 is 12.6 Å². The lowest BCUT2D eigenvalue weighted by Crippen LogP contribution is -2.22. The number of amides is 1. The van der Waals surface area contributed by atoms with Crippen LogP contribution in [-0.2, 0) is 11.5 Å². The van der Waals surface area contributed by atoms with Crippen molar-refractivity contribution in [3.8, 4) is 0 Å². The molecule has 1 aromatic rings. The van der Waals surface area contributed by atoms with Gasteiger partial charge in [0.2, 0.25) is 0 Å². The second kappa shape index (κ2) is 4.57. The number of carbonyl (C=O) groups excluding carboxylic acids is 1. The van der Waals surface area contributed by atoms with Crippen LogP contribution in [-0.4, -0.2) is 13.0 Å². The molecule has 0 unspecified atom stereocenters. The molecule has 0 aliphatic heterocycles. The van der Waals surface area contributed by atoms with Gasteiger partial charge in [0.15, 0.2) is 0 Å². The van der Waals surface area contributed by atoms with E-state index in [1.807, 2.05) is 0 Å². The van der Waals surface area contributed by atoms with Gasteiger partial charge in [0, 0.05) is 5.56 Å². The maximum absolute atomic E-state index is 12.4. The zero-order valence-electron chi connectivity index (χ0n) is 7.21. The minimum atomic E-state index is -0.659. The molecule has 3 nitrogen and oxygen atoms in total. The SMILES string of the molecule is CONC(=O)c1ccccc1CF. The Kier molecular flexibility index (Phi) is 3.40. The first-order valence-corrected chi connectivity index (χ1v) is 3.76. The van der Waals surface area contributed by atoms with E-state index in [0.29, 0.717) is 11.1 Å². The van der Waals surface area contributed by atoms with E-state index in [4.69, 9.17) is 0 Å². The van der Waals surface area contributed by atoms with Crippen LogP contribution in [0.4, 0.5) is 4.39 Å². The number of hydrogen-bond donors (Lipinski definition) is 1. The Bertz CT molecular complexity index is 301. The summed E-state index contributed by atoms with van der Waals surface area (Å²) in [6, 6.07) is 6.45. The fourth-order valence-electron chi connectivity index (χ4n) is 1.01. The first-order valence-electron chi connectivity index (χ1n) is 3.76. The van der Waals surface area contributed by atoms with Crippen molar-refractivity contribution in [1.29, 1.82) is 0 Å². The third-order valence-electron chi connectivity index (χ3n) is 1.60. The maximum atomic E-state index is 12.4. The molecular formula is C9H10FNO2. The lowest BCUT2D eigenvalue weighted by molar-refractivity contribution is 0.0536. The molecule has 0 aliphatic carbocycles. The molecule has 4 heteroatoms. The summed E-state index contributed by atoms with van der Waals surface area (Å²) in [5.41, 5.74) is 2.79. The summed E-state index contributed by atoms with van der Waals surface area (Å²) in [7, 11) is 1.33. The predicted molar refractivity (Wildman–Crippen MR) is 45.7 cm³/mol. The van der Waals surface area contributed by atoms with Crippen LogP contribution < -0.4 is 5.48 Å². The van der Waals surface area contributed by atoms with Gasteiger partial charge < -0.3 is 0 Å². The van der Waals surface area contributed by atoms with Gasteiger partial charge in [-0.25, -0.2) is 9.87 Å². The maximum Gasteiger partial charge on any atom is 0.275 e. The summed E-state index contributed by atoms with van der Waals surface area (Å²) >= 11 is 0. The van der Waals surface area contributed by atoms with Gasteiger partial charge in [-0.1, -0.05) is 18.2 Å². The minimum Gasteiger partial charge on any atom is -0.277 e. The van der Waals surface area contributed by atoms with Gasteiger partial charge in [-0.2, -0.15) is 0 Å². The first kappa shape index (κ1) is 9.67. The molecule has 0 aliphatic rings. The average Bonchev–Trinajstić information content (AvgIpc) is 2.18. The summed E-state index contributed by atoms with van der Waals surface area (Å²) < 4.78 is 12.4. The second-order valence-electron chi connectivity index (χ2n) is 2.43. The van der Waals surface area contributed by atoms with Gasteiger partial charge in [0.05, 0.1) is 7.11 Å². The molecule has 0 heterocycles. The van der Waals surface area contributed by atoms with Crippen LogP contribution in [0.15, 0.2) is 24.3 Å². The number of benzene rings is 1. The Morgan fingerprint density at radius 2 is 2.23 bits per heavy atom. The van der Waals surface area contributed by atoms with E-state index >= 15 is 0 Å². The standard InChI is InChI=1S/C9H10FNO2/c1-13-11-9(12)8-5-3-2-4-7(8)6-10/h2-5H,6H2,1H3,(H,11,12). The van der Waals surface area contributed by atoms with E-state index in [2.05, 4.69) is 10.3 Å². The molecule has 0 saturated carbocycles. The van der Waals surface area contributed by atoms with Gasteiger partial charge in [0.1, 0.15) is 6.67 Å². The molecule has 0 fully saturated rings. The van der Waals surface area contributed by atoms with E-state index in [0.717, 1.165) is 0 Å². The normalized spacial score (nSPS) is 9.69. The van der Waals surface area contributed by atoms with Crippen molar-refractivity contribution >= 4 is 5.91 Å². The third-order valence-corrected chi connectivity index (χ3v) is 1.60. The van der Waals surface area contributed by atoms with Gasteiger partial charge >= 0.3 is 0 Å². The highest BCUT2D eigenvalue weighted by Gasteiger charge is 2.09. The number of rotatable bonds is 3. The quantitative estimate of drug-likeness (QED) is 0.720. The van der Waals surface area contributed by atoms with Crippen LogP contribution in [0.25, 0.3) is 0 Å². The largest absolute Gasteiger partial charge is 0.277 e. The molecule has 1 aromatic carbocycles. The van der Waals surface area contributed by atoms with Crippen molar-refractivity contribution in [2.75, 3.05) is 7.11 Å². The van der Waals surface area contributed by atoms with Crippen LogP contribution in [0.5, 0.6) is 0 Å². The highest BCUT2D eigenvalue weighted by Crippen LogP contribution is 2.09. The molecule has 0 atom stereocenters. The third kappa shape index (κ3) is 2.26. The Hall–Kier alpha value is -1.42. The lowest BCUT2D eigenvalue weighted by atomic mass is 10.1. The Labute approximate surface area is 75.5 Å². The molecule has 0 bridgehead atoms. The summed E-state index contributed by atoms with van der Waals surface area (Å²) in [5, 5.41) is 0. The summed E-state index contributed by atoms with van der Waals surface area (Å²) in [4.78, 5) is 15.7. The summed E-state index contributed by atoms with van der Waals surface area (Å²) in [6.45, 7) is -0.659. The number of hydrogen-bond acceptors (Lipinski definition) is 2. The lowest BCUT2D eigenvalue weighted by Gasteiger charge is -2.04. The number of alkyl halides is 1. The van der Waals surface area contributed by atoms with Gasteiger partial charge in [-0.15, -0.1) is 0 Å². The van der Waals surface area contributed by atoms with E-state index in [9.17, 15) is 9.18 Å². The zero-order valence-corrected chi connectivity index (χ0v) is 7.21. The van der Waals surface area contributed by atoms with Crippen molar-refractivity contribution in [3.05, 3.63) is 35.4 Å². The van der Waals surface area contributed by atoms with Crippen molar-refractivity contribution in [2.24, 2.45) is 0 Å². The van der Waals surface area contributed by atoms with E-state index in [1.54, 1.807) is 24.3 Å². The Morgan fingerprint density at radius 3 is 2.85 bits per heavy atom. The van der Waals surface area contributed by atoms with Crippen LogP contribution in [0.1, 0.15) is 15.9 Å². The molecule has 1 rings (SSSR count). The predicted octanol–water partition coefficient (Wildman–Crippen LogP) is 1.45. The van der Waals surface area contributed by atoms with Crippen LogP contribution in [0.2, 0.25) is 0 Å². The number of hydroxylamine groups is 1. The fraction of sp³-hybridized carbons (Fsp3) is 0.222. The van der Waals surface area contributed by atoms with Gasteiger partial charge in [0.25, 0.3) is 5.91 Å². The summed E-state index contributed by atoms with van der Waals surface area (Å²) in [6.07, 6.45) is 0. The van der Waals surface area contributed by atoms with Crippen molar-refractivity contribution < 1.29 is 14.0 Å². The van der Waals surface area contributed by atoms with Crippen LogP contribution in [0.3, 0.4) is 0 Å². The van der Waals surface area contributed by atoms with Gasteiger partial charge in [-0.3, -0.25) is 9.63 Å². The smallest absolute Gasteiger partial charge is 0.275 e. The topological polar surface area (TPSA) is 38.3 Å². The molecule has 0 spiro atoms. The number of halogens is 1. The average molecular weight is 183 g/mol. The highest BCUT2D eigenvalue weighted by atomic mass is 19.1. The minimum absolute atomic E-state index is 0.298. The monoisotopic (exact) mass is 183 g/mol. The molecular weight excluding hydrogens is 173 g/mol. The van der Waals surface area contributed by atoms with Crippen molar-refractivity contribution in [3.63, 3.8) is 0 Å². The van der Waals surface area contributed by atoms with Gasteiger partial charge in [-0.05, 0) is 11.6 Å². The molecule has 0 saturated heterocycles. The summed E-state index contributed by atoms with van der Waals surface area (Å²) in [5.74, 6) is -0.434. The number of carbonyl (C=O) groups is 1. The molecule has 0 radical (unpaired) electrons. The van der Waals surface area contributed by atoms with E-state index in [-0.39, 0.29) is 0 Å². The molecule has 70 valence electrons. The molecule has 1 amide bonds. The first-order chi connectivity index (χ1) is 6.29. The zero-order chi connectivity index (χ0) is 9.68.